The second-order valence-corrected chi connectivity index (χ2v) is 7.00. The zero-order valence-electron chi connectivity index (χ0n) is 15.6. The Bertz CT molecular complexity index is 1040. The third-order valence-electron chi connectivity index (χ3n) is 5.15. The molecule has 0 aliphatic carbocycles. The predicted octanol–water partition coefficient (Wildman–Crippen LogP) is 1.61. The van der Waals surface area contributed by atoms with Gasteiger partial charge < -0.3 is 15.3 Å². The third-order valence-corrected chi connectivity index (χ3v) is 5.15. The zero-order chi connectivity index (χ0) is 19.7. The van der Waals surface area contributed by atoms with Crippen molar-refractivity contribution >= 4 is 22.6 Å². The minimum absolute atomic E-state index is 0.284. The van der Waals surface area contributed by atoms with E-state index in [2.05, 4.69) is 33.7 Å². The molecule has 0 bridgehead atoms. The van der Waals surface area contributed by atoms with Crippen LogP contribution in [0, 0.1) is 0 Å². The van der Waals surface area contributed by atoms with Crippen molar-refractivity contribution in [1.82, 2.24) is 20.4 Å². The van der Waals surface area contributed by atoms with Crippen LogP contribution in [0.4, 0.5) is 0 Å². The van der Waals surface area contributed by atoms with Gasteiger partial charge in [0.1, 0.15) is 6.04 Å². The molecule has 4 rings (SSSR count). The van der Waals surface area contributed by atoms with Crippen LogP contribution in [0.2, 0.25) is 0 Å². The molecule has 0 saturated carbocycles. The first-order valence-corrected chi connectivity index (χ1v) is 9.29. The van der Waals surface area contributed by atoms with Crippen LogP contribution in [0.15, 0.2) is 42.5 Å². The average molecular weight is 378 g/mol. The predicted molar refractivity (Wildman–Crippen MR) is 105 cm³/mol. The highest BCUT2D eigenvalue weighted by Gasteiger charge is 2.30. The van der Waals surface area contributed by atoms with Gasteiger partial charge in [0.05, 0.1) is 12.3 Å². The maximum atomic E-state index is 12.8. The van der Waals surface area contributed by atoms with Gasteiger partial charge in [0.2, 0.25) is 11.8 Å². The summed E-state index contributed by atoms with van der Waals surface area (Å²) in [6.07, 6.45) is 0.650. The number of nitrogens with zero attached hydrogens (tertiary/aromatic N) is 2. The fourth-order valence-electron chi connectivity index (χ4n) is 3.79. The molecule has 1 aliphatic heterocycles. The summed E-state index contributed by atoms with van der Waals surface area (Å²) in [4.78, 5) is 25.8. The second-order valence-electron chi connectivity index (χ2n) is 7.00. The number of aliphatic hydroxyl groups is 1. The van der Waals surface area contributed by atoms with Gasteiger partial charge in [-0.2, -0.15) is 5.10 Å². The number of fused-ring (bicyclic) bond motifs is 2. The van der Waals surface area contributed by atoms with Crippen molar-refractivity contribution in [3.05, 3.63) is 53.7 Å². The van der Waals surface area contributed by atoms with Gasteiger partial charge in [0.25, 0.3) is 0 Å². The van der Waals surface area contributed by atoms with Gasteiger partial charge in [0.15, 0.2) is 0 Å². The van der Waals surface area contributed by atoms with Gasteiger partial charge in [-0.15, -0.1) is 0 Å². The van der Waals surface area contributed by atoms with Gasteiger partial charge in [-0.3, -0.25) is 14.7 Å². The van der Waals surface area contributed by atoms with Crippen molar-refractivity contribution in [1.29, 1.82) is 0 Å². The molecule has 7 heteroatoms. The molecule has 28 heavy (non-hydrogen) atoms. The molecule has 7 nitrogen and oxygen atoms in total. The third kappa shape index (κ3) is 3.25. The van der Waals surface area contributed by atoms with Crippen molar-refractivity contribution < 1.29 is 14.7 Å². The number of amides is 2. The van der Waals surface area contributed by atoms with E-state index in [1.807, 2.05) is 24.3 Å². The lowest BCUT2D eigenvalue weighted by Crippen LogP contribution is -2.51. The van der Waals surface area contributed by atoms with Crippen molar-refractivity contribution in [3.8, 4) is 11.3 Å². The lowest BCUT2D eigenvalue weighted by atomic mass is 9.96. The molecule has 1 aliphatic rings. The summed E-state index contributed by atoms with van der Waals surface area (Å²) in [6.45, 7) is 1.81. The standard InChI is InChI=1S/C21H22N4O3/c1-13(27)22-19(12-26)21(28)25-10-9-18-17(11-25)20(24-23-18)16-8-4-6-14-5-2-3-7-15(14)16/h2-8,19,26H,9-12H2,1H3,(H,22,27)(H,23,24)/t19-/m0/s1. The topological polar surface area (TPSA) is 98.3 Å². The maximum Gasteiger partial charge on any atom is 0.247 e. The van der Waals surface area contributed by atoms with Gasteiger partial charge in [-0.05, 0) is 10.8 Å². The monoisotopic (exact) mass is 378 g/mol. The molecule has 0 fully saturated rings. The van der Waals surface area contributed by atoms with Crippen LogP contribution < -0.4 is 5.32 Å². The number of aromatic amines is 1. The van der Waals surface area contributed by atoms with Crippen LogP contribution in [-0.4, -0.2) is 51.2 Å². The molecule has 0 radical (unpaired) electrons. The smallest absolute Gasteiger partial charge is 0.247 e. The lowest BCUT2D eigenvalue weighted by Gasteiger charge is -2.30. The first kappa shape index (κ1) is 18.2. The summed E-state index contributed by atoms with van der Waals surface area (Å²) in [5, 5.41) is 21.9. The van der Waals surface area contributed by atoms with Crippen molar-refractivity contribution in [3.63, 3.8) is 0 Å². The van der Waals surface area contributed by atoms with E-state index in [1.165, 1.54) is 6.92 Å². The molecule has 0 unspecified atom stereocenters. The molecular weight excluding hydrogens is 356 g/mol. The Labute approximate surface area is 162 Å². The number of hydrogen-bond acceptors (Lipinski definition) is 4. The van der Waals surface area contributed by atoms with Crippen molar-refractivity contribution in [2.24, 2.45) is 0 Å². The molecule has 2 heterocycles. The molecule has 3 N–H and O–H groups in total. The van der Waals surface area contributed by atoms with Crippen molar-refractivity contribution in [2.75, 3.05) is 13.2 Å². The van der Waals surface area contributed by atoms with E-state index in [4.69, 9.17) is 0 Å². The summed E-state index contributed by atoms with van der Waals surface area (Å²) >= 11 is 0. The molecule has 144 valence electrons. The number of carbonyl (C=O) groups is 2. The molecule has 1 aromatic heterocycles. The highest BCUT2D eigenvalue weighted by atomic mass is 16.3. The summed E-state index contributed by atoms with van der Waals surface area (Å²) in [5.74, 6) is -0.627. The number of H-pyrrole nitrogens is 1. The number of rotatable bonds is 4. The van der Waals surface area contributed by atoms with E-state index >= 15 is 0 Å². The fraction of sp³-hybridized carbons (Fsp3) is 0.286. The normalized spacial score (nSPS) is 14.6. The van der Waals surface area contributed by atoms with Gasteiger partial charge >= 0.3 is 0 Å². The molecule has 0 spiro atoms. The SMILES string of the molecule is CC(=O)N[C@@H](CO)C(=O)N1CCc2[nH]nc(-c3cccc4ccccc34)c2C1. The Morgan fingerprint density at radius 1 is 1.25 bits per heavy atom. The molecule has 3 aromatic rings. The van der Waals surface area contributed by atoms with Gasteiger partial charge in [0, 0.05) is 43.3 Å². The Hall–Kier alpha value is -3.19. The Balaban J connectivity index is 1.67. The molecule has 2 amide bonds. The maximum absolute atomic E-state index is 12.8. The molecule has 0 saturated heterocycles. The summed E-state index contributed by atoms with van der Waals surface area (Å²) in [7, 11) is 0. The Morgan fingerprint density at radius 2 is 2.04 bits per heavy atom. The first-order valence-electron chi connectivity index (χ1n) is 9.29. The molecule has 2 aromatic carbocycles. The summed E-state index contributed by atoms with van der Waals surface area (Å²) in [5.41, 5.74) is 3.86. The number of aliphatic hydroxyl groups excluding tert-OH is 1. The number of hydrogen-bond donors (Lipinski definition) is 3. The quantitative estimate of drug-likeness (QED) is 0.642. The van der Waals surface area contributed by atoms with E-state index in [0.29, 0.717) is 19.5 Å². The second kappa shape index (κ2) is 7.44. The van der Waals surface area contributed by atoms with Crippen LogP contribution in [0.1, 0.15) is 18.2 Å². The van der Waals surface area contributed by atoms with E-state index in [1.54, 1.807) is 4.90 Å². The van der Waals surface area contributed by atoms with E-state index in [9.17, 15) is 14.7 Å². The van der Waals surface area contributed by atoms with E-state index < -0.39 is 12.6 Å². The van der Waals surface area contributed by atoms with Crippen LogP contribution in [-0.2, 0) is 22.6 Å². The van der Waals surface area contributed by atoms with Gasteiger partial charge in [-0.25, -0.2) is 0 Å². The largest absolute Gasteiger partial charge is 0.394 e. The van der Waals surface area contributed by atoms with Crippen LogP contribution in [0.25, 0.3) is 22.0 Å². The average Bonchev–Trinajstić information content (AvgIpc) is 3.14. The molecule has 1 atom stereocenters. The van der Waals surface area contributed by atoms with Crippen LogP contribution >= 0.6 is 0 Å². The number of carbonyl (C=O) groups excluding carboxylic acids is 2. The summed E-state index contributed by atoms with van der Waals surface area (Å²) < 4.78 is 0. The number of benzene rings is 2. The minimum atomic E-state index is -0.924. The number of aromatic nitrogens is 2. The fourth-order valence-corrected chi connectivity index (χ4v) is 3.79. The van der Waals surface area contributed by atoms with Gasteiger partial charge in [-0.1, -0.05) is 42.5 Å². The van der Waals surface area contributed by atoms with E-state index in [0.717, 1.165) is 33.3 Å². The minimum Gasteiger partial charge on any atom is -0.394 e. The lowest BCUT2D eigenvalue weighted by molar-refractivity contribution is -0.138. The highest BCUT2D eigenvalue weighted by molar-refractivity contribution is 5.96. The Morgan fingerprint density at radius 3 is 2.82 bits per heavy atom. The Kier molecular flexibility index (Phi) is 4.83. The number of nitrogens with one attached hydrogen (secondary N) is 2. The zero-order valence-corrected chi connectivity index (χ0v) is 15.6. The summed E-state index contributed by atoms with van der Waals surface area (Å²) in [6, 6.07) is 13.3. The highest BCUT2D eigenvalue weighted by Crippen LogP contribution is 2.33. The van der Waals surface area contributed by atoms with Crippen LogP contribution in [0.3, 0.4) is 0 Å². The van der Waals surface area contributed by atoms with Crippen molar-refractivity contribution in [2.45, 2.75) is 25.9 Å². The van der Waals surface area contributed by atoms with E-state index in [-0.39, 0.29) is 11.8 Å². The van der Waals surface area contributed by atoms with Crippen LogP contribution in [0.5, 0.6) is 0 Å². The first-order chi connectivity index (χ1) is 13.6. The molecular formula is C21H22N4O3.